The van der Waals surface area contributed by atoms with Crippen molar-refractivity contribution in [3.8, 4) is 0 Å². The van der Waals surface area contributed by atoms with Gasteiger partial charge in [-0.3, -0.25) is 19.7 Å². The van der Waals surface area contributed by atoms with Gasteiger partial charge >= 0.3 is 0 Å². The molecule has 3 N–H and O–H groups in total. The number of imide groups is 1. The average Bonchev–Trinajstić information content (AvgIpc) is 3.08. The fourth-order valence-corrected chi connectivity index (χ4v) is 3.13. The number of amides is 2. The van der Waals surface area contributed by atoms with Crippen molar-refractivity contribution < 1.29 is 14.4 Å². The van der Waals surface area contributed by atoms with E-state index in [2.05, 4.69) is 16.0 Å². The molecule has 122 valence electrons. The van der Waals surface area contributed by atoms with Crippen molar-refractivity contribution in [2.45, 2.75) is 44.3 Å². The number of piperidine rings is 1. The van der Waals surface area contributed by atoms with Crippen LogP contribution in [0.15, 0.2) is 24.3 Å². The first-order valence-electron chi connectivity index (χ1n) is 8.08. The minimum absolute atomic E-state index is 0.105. The molecule has 0 aliphatic carbocycles. The molecular weight excluding hydrogens is 294 g/mol. The highest BCUT2D eigenvalue weighted by molar-refractivity contribution is 6.02. The highest BCUT2D eigenvalue weighted by atomic mass is 16.2. The summed E-state index contributed by atoms with van der Waals surface area (Å²) in [6.07, 6.45) is 2.72. The fourth-order valence-electron chi connectivity index (χ4n) is 3.13. The van der Waals surface area contributed by atoms with E-state index in [0.29, 0.717) is 24.9 Å². The normalized spacial score (nSPS) is 24.5. The smallest absolute Gasteiger partial charge is 0.243 e. The maximum absolute atomic E-state index is 12.6. The number of ketones is 1. The van der Waals surface area contributed by atoms with Crippen LogP contribution in [0, 0.1) is 0 Å². The number of benzene rings is 1. The topological polar surface area (TPSA) is 87.3 Å². The molecule has 6 nitrogen and oxygen atoms in total. The minimum Gasteiger partial charge on any atom is -0.307 e. The van der Waals surface area contributed by atoms with Crippen LogP contribution >= 0.6 is 0 Å². The van der Waals surface area contributed by atoms with Gasteiger partial charge < -0.3 is 10.6 Å². The Hall–Kier alpha value is -2.05. The third-order valence-corrected chi connectivity index (χ3v) is 4.44. The van der Waals surface area contributed by atoms with Crippen molar-refractivity contribution in [3.63, 3.8) is 0 Å². The van der Waals surface area contributed by atoms with Crippen LogP contribution in [0.2, 0.25) is 0 Å². The molecule has 23 heavy (non-hydrogen) atoms. The van der Waals surface area contributed by atoms with Crippen molar-refractivity contribution in [1.82, 2.24) is 16.0 Å². The van der Waals surface area contributed by atoms with Crippen LogP contribution in [-0.4, -0.2) is 36.2 Å². The van der Waals surface area contributed by atoms with Crippen LogP contribution in [0.25, 0.3) is 0 Å². The van der Waals surface area contributed by atoms with E-state index in [1.54, 1.807) is 0 Å². The lowest BCUT2D eigenvalue weighted by Gasteiger charge is -2.22. The standard InChI is InChI=1S/C17H21N3O3/c21-15-8-7-14(17(23)20-15)19-10-11-4-1-2-5-12(11)16(22)13-6-3-9-18-13/h1-2,4-5,13-14,18-19H,3,6-10H2,(H,20,21,23)/t13?,14-/m0/s1. The molecule has 0 saturated carbocycles. The fraction of sp³-hybridized carbons (Fsp3) is 0.471. The molecule has 2 saturated heterocycles. The number of hydrogen-bond donors (Lipinski definition) is 3. The molecule has 0 spiro atoms. The Morgan fingerprint density at radius 2 is 2.04 bits per heavy atom. The minimum atomic E-state index is -0.388. The van der Waals surface area contributed by atoms with Gasteiger partial charge in [0, 0.05) is 18.5 Å². The molecule has 2 aliphatic rings. The van der Waals surface area contributed by atoms with Crippen LogP contribution in [0.4, 0.5) is 0 Å². The van der Waals surface area contributed by atoms with E-state index < -0.39 is 0 Å². The second-order valence-electron chi connectivity index (χ2n) is 6.05. The van der Waals surface area contributed by atoms with Gasteiger partial charge in [0.05, 0.1) is 12.1 Å². The molecule has 2 fully saturated rings. The van der Waals surface area contributed by atoms with Gasteiger partial charge in [-0.2, -0.15) is 0 Å². The van der Waals surface area contributed by atoms with E-state index in [9.17, 15) is 14.4 Å². The number of hydrogen-bond acceptors (Lipinski definition) is 5. The second-order valence-corrected chi connectivity index (χ2v) is 6.05. The van der Waals surface area contributed by atoms with Crippen LogP contribution < -0.4 is 16.0 Å². The zero-order chi connectivity index (χ0) is 16.2. The quantitative estimate of drug-likeness (QED) is 0.544. The number of carbonyl (C=O) groups is 3. The summed E-state index contributed by atoms with van der Waals surface area (Å²) >= 11 is 0. The predicted octanol–water partition coefficient (Wildman–Crippen LogP) is 0.516. The molecule has 0 bridgehead atoms. The first-order chi connectivity index (χ1) is 11.1. The van der Waals surface area contributed by atoms with E-state index in [4.69, 9.17) is 0 Å². The summed E-state index contributed by atoms with van der Waals surface area (Å²) < 4.78 is 0. The summed E-state index contributed by atoms with van der Waals surface area (Å²) in [6, 6.07) is 7.00. The maximum Gasteiger partial charge on any atom is 0.243 e. The van der Waals surface area contributed by atoms with Gasteiger partial charge in [-0.15, -0.1) is 0 Å². The lowest BCUT2D eigenvalue weighted by atomic mass is 9.97. The molecule has 0 radical (unpaired) electrons. The highest BCUT2D eigenvalue weighted by Crippen LogP contribution is 2.17. The van der Waals surface area contributed by atoms with Gasteiger partial charge in [0.15, 0.2) is 5.78 Å². The molecule has 2 amide bonds. The Morgan fingerprint density at radius 1 is 1.22 bits per heavy atom. The van der Waals surface area contributed by atoms with Crippen molar-refractivity contribution >= 4 is 17.6 Å². The zero-order valence-corrected chi connectivity index (χ0v) is 12.9. The zero-order valence-electron chi connectivity index (χ0n) is 12.9. The number of rotatable bonds is 5. The van der Waals surface area contributed by atoms with Gasteiger partial charge in [-0.25, -0.2) is 0 Å². The second kappa shape index (κ2) is 7.02. The van der Waals surface area contributed by atoms with Crippen LogP contribution in [0.5, 0.6) is 0 Å². The SMILES string of the molecule is O=C1CC[C@H](NCc2ccccc2C(=O)C2CCCN2)C(=O)N1. The molecule has 2 atom stereocenters. The summed E-state index contributed by atoms with van der Waals surface area (Å²) in [5.74, 6) is -0.401. The Morgan fingerprint density at radius 3 is 2.78 bits per heavy atom. The van der Waals surface area contributed by atoms with Crippen LogP contribution in [0.1, 0.15) is 41.6 Å². The van der Waals surface area contributed by atoms with Crippen molar-refractivity contribution in [1.29, 1.82) is 0 Å². The summed E-state index contributed by atoms with van der Waals surface area (Å²) in [4.78, 5) is 35.6. The lowest BCUT2D eigenvalue weighted by molar-refractivity contribution is -0.134. The Balaban J connectivity index is 1.67. The van der Waals surface area contributed by atoms with Crippen molar-refractivity contribution in [3.05, 3.63) is 35.4 Å². The van der Waals surface area contributed by atoms with Crippen LogP contribution in [0.3, 0.4) is 0 Å². The van der Waals surface area contributed by atoms with Gasteiger partial charge in [-0.1, -0.05) is 24.3 Å². The summed E-state index contributed by atoms with van der Waals surface area (Å²) in [5.41, 5.74) is 1.59. The molecule has 6 heteroatoms. The van der Waals surface area contributed by atoms with Gasteiger partial charge in [0.25, 0.3) is 0 Å². The number of nitrogens with one attached hydrogen (secondary N) is 3. The number of carbonyl (C=O) groups excluding carboxylic acids is 3. The Labute approximate surface area is 135 Å². The van der Waals surface area contributed by atoms with Crippen LogP contribution in [-0.2, 0) is 16.1 Å². The van der Waals surface area contributed by atoms with E-state index in [1.165, 1.54) is 0 Å². The molecule has 1 aromatic rings. The molecule has 2 aliphatic heterocycles. The molecule has 2 heterocycles. The Bertz CT molecular complexity index is 623. The van der Waals surface area contributed by atoms with Crippen molar-refractivity contribution in [2.24, 2.45) is 0 Å². The Kier molecular flexibility index (Phi) is 4.83. The van der Waals surface area contributed by atoms with E-state index in [0.717, 1.165) is 24.9 Å². The monoisotopic (exact) mass is 315 g/mol. The highest BCUT2D eigenvalue weighted by Gasteiger charge is 2.27. The molecule has 3 rings (SSSR count). The first kappa shape index (κ1) is 15.8. The summed E-state index contributed by atoms with van der Waals surface area (Å²) in [7, 11) is 0. The summed E-state index contributed by atoms with van der Waals surface area (Å²) in [5, 5.41) is 8.72. The largest absolute Gasteiger partial charge is 0.307 e. The van der Waals surface area contributed by atoms with Gasteiger partial charge in [-0.05, 0) is 31.4 Å². The van der Waals surface area contributed by atoms with E-state index >= 15 is 0 Å². The van der Waals surface area contributed by atoms with Crippen molar-refractivity contribution in [2.75, 3.05) is 6.54 Å². The first-order valence-corrected chi connectivity index (χ1v) is 8.08. The predicted molar refractivity (Wildman–Crippen MR) is 84.8 cm³/mol. The van der Waals surface area contributed by atoms with E-state index in [-0.39, 0.29) is 29.7 Å². The summed E-state index contributed by atoms with van der Waals surface area (Å²) in [6.45, 7) is 1.31. The van der Waals surface area contributed by atoms with Gasteiger partial charge in [0.1, 0.15) is 0 Å². The lowest BCUT2D eigenvalue weighted by Crippen LogP contribution is -2.50. The van der Waals surface area contributed by atoms with Gasteiger partial charge in [0.2, 0.25) is 11.8 Å². The molecule has 1 aromatic carbocycles. The number of Topliss-reactive ketones (excluding diaryl/α,β-unsaturated/α-hetero) is 1. The molecule has 1 unspecified atom stereocenters. The third kappa shape index (κ3) is 3.65. The molecular formula is C17H21N3O3. The average molecular weight is 315 g/mol. The van der Waals surface area contributed by atoms with E-state index in [1.807, 2.05) is 24.3 Å². The molecule has 0 aromatic heterocycles. The maximum atomic E-state index is 12.6. The third-order valence-electron chi connectivity index (χ3n) is 4.44.